The van der Waals surface area contributed by atoms with Gasteiger partial charge in [0.05, 0.1) is 12.8 Å². The minimum absolute atomic E-state index is 0.0603. The van der Waals surface area contributed by atoms with E-state index in [-0.39, 0.29) is 5.69 Å². The van der Waals surface area contributed by atoms with Gasteiger partial charge in [-0.1, -0.05) is 0 Å². The van der Waals surface area contributed by atoms with Crippen molar-refractivity contribution in [2.24, 2.45) is 0 Å². The van der Waals surface area contributed by atoms with Gasteiger partial charge in [0.2, 0.25) is 4.77 Å². The first-order valence-electron chi connectivity index (χ1n) is 6.29. The van der Waals surface area contributed by atoms with E-state index in [0.29, 0.717) is 4.77 Å². The van der Waals surface area contributed by atoms with Crippen molar-refractivity contribution in [3.63, 3.8) is 0 Å². The van der Waals surface area contributed by atoms with Crippen molar-refractivity contribution in [3.05, 3.63) is 39.5 Å². The molecule has 0 bridgehead atoms. The Morgan fingerprint density at radius 3 is 2.32 bits per heavy atom. The van der Waals surface area contributed by atoms with Crippen LogP contribution < -0.4 is 10.4 Å². The molecule has 1 aromatic heterocycles. The molecule has 1 aromatic carbocycles. The average Bonchev–Trinajstić information content (AvgIpc) is 2.72. The second kappa shape index (κ2) is 4.70. The Hall–Kier alpha value is -1.82. The van der Waals surface area contributed by atoms with E-state index >= 15 is 0 Å². The van der Waals surface area contributed by atoms with Gasteiger partial charge in [-0.05, 0) is 49.3 Å². The van der Waals surface area contributed by atoms with E-state index in [1.807, 2.05) is 28.9 Å². The first kappa shape index (κ1) is 12.2. The van der Waals surface area contributed by atoms with E-state index in [0.717, 1.165) is 37.4 Å². The molecule has 100 valence electrons. The molecule has 0 unspecified atom stereocenters. The van der Waals surface area contributed by atoms with Crippen LogP contribution in [0.5, 0.6) is 5.75 Å². The molecule has 0 aliphatic carbocycles. The van der Waals surface area contributed by atoms with Gasteiger partial charge in [-0.2, -0.15) is 0 Å². The maximum absolute atomic E-state index is 12.4. The largest absolute Gasteiger partial charge is 0.497 e. The maximum atomic E-state index is 12.4. The van der Waals surface area contributed by atoms with E-state index in [2.05, 4.69) is 0 Å². The lowest BCUT2D eigenvalue weighted by Gasteiger charge is -2.14. The molecule has 19 heavy (non-hydrogen) atoms. The monoisotopic (exact) mass is 277 g/mol. The lowest BCUT2D eigenvalue weighted by Crippen LogP contribution is -2.29. The molecule has 0 saturated carbocycles. The van der Waals surface area contributed by atoms with Crippen LogP contribution in [0.3, 0.4) is 0 Å². The van der Waals surface area contributed by atoms with Gasteiger partial charge in [-0.25, -0.2) is 14.0 Å². The maximum Gasteiger partial charge on any atom is 0.349 e. The number of aromatic nitrogens is 3. The van der Waals surface area contributed by atoms with Crippen LogP contribution in [0.25, 0.3) is 5.69 Å². The standard InChI is InChI=1S/C13H15N3O2S/c1-18-11-6-4-10(5-7-11)16-12(17)14-8-2-3-9-15(14)13(16)19/h4-7H,2-3,8-9H2,1H3. The number of hydrogen-bond acceptors (Lipinski definition) is 3. The summed E-state index contributed by atoms with van der Waals surface area (Å²) in [5, 5.41) is 0. The highest BCUT2D eigenvalue weighted by Gasteiger charge is 2.17. The van der Waals surface area contributed by atoms with Gasteiger partial charge in [0.1, 0.15) is 5.75 Å². The smallest absolute Gasteiger partial charge is 0.349 e. The Labute approximate surface area is 115 Å². The normalized spacial score (nSPS) is 14.2. The molecule has 0 atom stereocenters. The molecule has 6 heteroatoms. The van der Waals surface area contributed by atoms with Crippen molar-refractivity contribution in [2.75, 3.05) is 7.11 Å². The highest BCUT2D eigenvalue weighted by molar-refractivity contribution is 7.71. The van der Waals surface area contributed by atoms with Gasteiger partial charge in [-0.3, -0.25) is 4.68 Å². The van der Waals surface area contributed by atoms with Crippen LogP contribution in [0.15, 0.2) is 29.1 Å². The Morgan fingerprint density at radius 1 is 1.11 bits per heavy atom. The number of fused-ring (bicyclic) bond motifs is 1. The molecule has 0 radical (unpaired) electrons. The van der Waals surface area contributed by atoms with Crippen LogP contribution in [-0.4, -0.2) is 21.0 Å². The number of benzene rings is 1. The highest BCUT2D eigenvalue weighted by Crippen LogP contribution is 2.15. The molecule has 2 heterocycles. The SMILES string of the molecule is COc1ccc(-n2c(=O)n3n(c2=S)CCCC3)cc1. The highest BCUT2D eigenvalue weighted by atomic mass is 32.1. The lowest BCUT2D eigenvalue weighted by atomic mass is 10.3. The van der Waals surface area contributed by atoms with Crippen LogP contribution in [0.1, 0.15) is 12.8 Å². The molecule has 5 nitrogen and oxygen atoms in total. The molecular formula is C13H15N3O2S. The topological polar surface area (TPSA) is 41.1 Å². The fraction of sp³-hybridized carbons (Fsp3) is 0.385. The predicted octanol–water partition coefficient (Wildman–Crippen LogP) is 1.97. The summed E-state index contributed by atoms with van der Waals surface area (Å²) >= 11 is 5.42. The summed E-state index contributed by atoms with van der Waals surface area (Å²) in [4.78, 5) is 12.4. The predicted molar refractivity (Wildman–Crippen MR) is 74.6 cm³/mol. The molecule has 0 saturated heterocycles. The molecule has 3 rings (SSSR count). The Kier molecular flexibility index (Phi) is 3.02. The van der Waals surface area contributed by atoms with Crippen molar-refractivity contribution >= 4 is 12.2 Å². The zero-order valence-corrected chi connectivity index (χ0v) is 11.5. The molecule has 1 aliphatic rings. The quantitative estimate of drug-likeness (QED) is 0.788. The van der Waals surface area contributed by atoms with Crippen molar-refractivity contribution in [1.82, 2.24) is 13.9 Å². The third-order valence-electron chi connectivity index (χ3n) is 3.44. The summed E-state index contributed by atoms with van der Waals surface area (Å²) in [6.45, 7) is 1.56. The summed E-state index contributed by atoms with van der Waals surface area (Å²) in [5.41, 5.74) is 0.722. The van der Waals surface area contributed by atoms with E-state index in [4.69, 9.17) is 17.0 Å². The van der Waals surface area contributed by atoms with Crippen molar-refractivity contribution in [1.29, 1.82) is 0 Å². The summed E-state index contributed by atoms with van der Waals surface area (Å²) in [7, 11) is 1.62. The van der Waals surface area contributed by atoms with Crippen LogP contribution in [-0.2, 0) is 13.1 Å². The number of methoxy groups -OCH3 is 1. The van der Waals surface area contributed by atoms with E-state index in [9.17, 15) is 4.79 Å². The summed E-state index contributed by atoms with van der Waals surface area (Å²) in [6, 6.07) is 7.36. The summed E-state index contributed by atoms with van der Waals surface area (Å²) in [6.07, 6.45) is 2.10. The van der Waals surface area contributed by atoms with Gasteiger partial charge in [0, 0.05) is 13.1 Å². The number of nitrogens with zero attached hydrogens (tertiary/aromatic N) is 3. The van der Waals surface area contributed by atoms with Crippen LogP contribution >= 0.6 is 12.2 Å². The molecule has 0 spiro atoms. The van der Waals surface area contributed by atoms with Gasteiger partial charge in [0.25, 0.3) is 0 Å². The van der Waals surface area contributed by atoms with Crippen molar-refractivity contribution in [2.45, 2.75) is 25.9 Å². The number of hydrogen-bond donors (Lipinski definition) is 0. The molecule has 2 aromatic rings. The Morgan fingerprint density at radius 2 is 1.74 bits per heavy atom. The van der Waals surface area contributed by atoms with Gasteiger partial charge >= 0.3 is 5.69 Å². The van der Waals surface area contributed by atoms with E-state index < -0.39 is 0 Å². The van der Waals surface area contributed by atoms with E-state index in [1.54, 1.807) is 16.4 Å². The first-order chi connectivity index (χ1) is 9.22. The van der Waals surface area contributed by atoms with Crippen LogP contribution in [0.4, 0.5) is 0 Å². The molecule has 0 N–H and O–H groups in total. The van der Waals surface area contributed by atoms with Crippen molar-refractivity contribution < 1.29 is 4.74 Å². The minimum Gasteiger partial charge on any atom is -0.497 e. The van der Waals surface area contributed by atoms with Crippen LogP contribution in [0.2, 0.25) is 0 Å². The Balaban J connectivity index is 2.17. The average molecular weight is 277 g/mol. The van der Waals surface area contributed by atoms with Gasteiger partial charge in [0.15, 0.2) is 0 Å². The fourth-order valence-electron chi connectivity index (χ4n) is 2.43. The third-order valence-corrected chi connectivity index (χ3v) is 3.83. The first-order valence-corrected chi connectivity index (χ1v) is 6.70. The zero-order chi connectivity index (χ0) is 13.4. The van der Waals surface area contributed by atoms with Gasteiger partial charge < -0.3 is 4.74 Å². The minimum atomic E-state index is -0.0603. The third kappa shape index (κ3) is 1.92. The molecule has 0 amide bonds. The molecule has 1 aliphatic heterocycles. The number of ether oxygens (including phenoxy) is 1. The van der Waals surface area contributed by atoms with E-state index in [1.165, 1.54) is 0 Å². The second-order valence-electron chi connectivity index (χ2n) is 4.55. The molecular weight excluding hydrogens is 262 g/mol. The van der Waals surface area contributed by atoms with Gasteiger partial charge in [-0.15, -0.1) is 0 Å². The number of rotatable bonds is 2. The fourth-order valence-corrected chi connectivity index (χ4v) is 2.80. The zero-order valence-electron chi connectivity index (χ0n) is 10.7. The Bertz CT molecular complexity index is 671. The lowest BCUT2D eigenvalue weighted by molar-refractivity contribution is 0.352. The van der Waals surface area contributed by atoms with Crippen molar-refractivity contribution in [3.8, 4) is 11.4 Å². The van der Waals surface area contributed by atoms with Crippen LogP contribution in [0, 0.1) is 4.77 Å². The second-order valence-corrected chi connectivity index (χ2v) is 4.92. The summed E-state index contributed by atoms with van der Waals surface area (Å²) < 4.78 is 10.9. The summed E-state index contributed by atoms with van der Waals surface area (Å²) in [5.74, 6) is 0.763. The molecule has 0 fully saturated rings.